The Morgan fingerprint density at radius 2 is 1.76 bits per heavy atom. The van der Waals surface area contributed by atoms with Crippen LogP contribution in [0.1, 0.15) is 10.4 Å². The number of carbonyl (C=O) groups is 1. The zero-order chi connectivity index (χ0) is 23.7. The molecule has 0 bridgehead atoms. The van der Waals surface area contributed by atoms with Crippen molar-refractivity contribution in [3.05, 3.63) is 77.3 Å². The van der Waals surface area contributed by atoms with Crippen LogP contribution < -0.4 is 5.32 Å². The van der Waals surface area contributed by atoms with Gasteiger partial charge in [-0.05, 0) is 42.5 Å². The van der Waals surface area contributed by atoms with Gasteiger partial charge in [-0.25, -0.2) is 13.4 Å². The van der Waals surface area contributed by atoms with Crippen LogP contribution in [0, 0.1) is 0 Å². The maximum Gasteiger partial charge on any atom is 0.255 e. The van der Waals surface area contributed by atoms with Crippen LogP contribution in [-0.2, 0) is 14.8 Å². The minimum Gasteiger partial charge on any atom is -0.379 e. The van der Waals surface area contributed by atoms with E-state index in [4.69, 9.17) is 16.3 Å². The predicted molar refractivity (Wildman–Crippen MR) is 131 cm³/mol. The Morgan fingerprint density at radius 3 is 2.56 bits per heavy atom. The topological polar surface area (TPSA) is 104 Å². The number of para-hydroxylation sites is 3. The molecule has 2 N–H and O–H groups in total. The SMILES string of the molecule is O=C(Nc1ccccc1-c1nc2ccccc2[nH]1)c1ccc(Cl)c(S(=O)(=O)N2CCOCC2)c1. The van der Waals surface area contributed by atoms with Gasteiger partial charge in [-0.2, -0.15) is 4.31 Å². The van der Waals surface area contributed by atoms with Gasteiger partial charge in [0, 0.05) is 24.2 Å². The number of morpholine rings is 1. The molecular weight excluding hydrogens is 476 g/mol. The van der Waals surface area contributed by atoms with Crippen LogP contribution in [0.25, 0.3) is 22.4 Å². The van der Waals surface area contributed by atoms with E-state index in [-0.39, 0.29) is 28.6 Å². The number of rotatable bonds is 5. The highest BCUT2D eigenvalue weighted by Gasteiger charge is 2.29. The number of fused-ring (bicyclic) bond motifs is 1. The van der Waals surface area contributed by atoms with Crippen LogP contribution in [0.4, 0.5) is 5.69 Å². The molecule has 0 saturated carbocycles. The molecule has 10 heteroatoms. The van der Waals surface area contributed by atoms with Gasteiger partial charge in [0.1, 0.15) is 10.7 Å². The second-order valence-electron chi connectivity index (χ2n) is 7.76. The van der Waals surface area contributed by atoms with Crippen molar-refractivity contribution in [3.8, 4) is 11.4 Å². The number of hydrogen-bond donors (Lipinski definition) is 2. The molecule has 0 unspecified atom stereocenters. The lowest BCUT2D eigenvalue weighted by Gasteiger charge is -2.26. The number of aromatic amines is 1. The number of ether oxygens (including phenoxy) is 1. The summed E-state index contributed by atoms with van der Waals surface area (Å²) >= 11 is 6.23. The van der Waals surface area contributed by atoms with Crippen molar-refractivity contribution >= 4 is 44.3 Å². The minimum absolute atomic E-state index is 0.0608. The van der Waals surface area contributed by atoms with Gasteiger partial charge in [0.2, 0.25) is 10.0 Å². The first kappa shape index (κ1) is 22.5. The van der Waals surface area contributed by atoms with E-state index in [1.54, 1.807) is 12.1 Å². The summed E-state index contributed by atoms with van der Waals surface area (Å²) in [6.45, 7) is 1.10. The van der Waals surface area contributed by atoms with Gasteiger partial charge in [-0.1, -0.05) is 35.9 Å². The predicted octanol–water partition coefficient (Wildman–Crippen LogP) is 4.16. The molecule has 0 atom stereocenters. The Kier molecular flexibility index (Phi) is 6.09. The van der Waals surface area contributed by atoms with Gasteiger partial charge in [0.15, 0.2) is 0 Å². The maximum absolute atomic E-state index is 13.1. The van der Waals surface area contributed by atoms with Crippen molar-refractivity contribution in [2.75, 3.05) is 31.6 Å². The number of nitrogens with zero attached hydrogens (tertiary/aromatic N) is 2. The van der Waals surface area contributed by atoms with Gasteiger partial charge < -0.3 is 15.0 Å². The Bertz CT molecular complexity index is 1450. The maximum atomic E-state index is 13.1. The number of hydrogen-bond acceptors (Lipinski definition) is 5. The van der Waals surface area contributed by atoms with Crippen LogP contribution in [0.15, 0.2) is 71.6 Å². The molecule has 8 nitrogen and oxygen atoms in total. The lowest BCUT2D eigenvalue weighted by atomic mass is 10.1. The quantitative estimate of drug-likeness (QED) is 0.432. The summed E-state index contributed by atoms with van der Waals surface area (Å²) in [6, 6.07) is 19.2. The second-order valence-corrected chi connectivity index (χ2v) is 10.1. The van der Waals surface area contributed by atoms with Crippen molar-refractivity contribution in [1.82, 2.24) is 14.3 Å². The van der Waals surface area contributed by atoms with E-state index in [2.05, 4.69) is 15.3 Å². The minimum atomic E-state index is -3.86. The number of imidazole rings is 1. The van der Waals surface area contributed by atoms with Gasteiger partial charge in [-0.3, -0.25) is 4.79 Å². The Hall–Kier alpha value is -3.24. The Balaban J connectivity index is 1.45. The third kappa shape index (κ3) is 4.30. The first-order valence-corrected chi connectivity index (χ1v) is 12.5. The fourth-order valence-corrected chi connectivity index (χ4v) is 5.75. The van der Waals surface area contributed by atoms with Crippen LogP contribution in [0.3, 0.4) is 0 Å². The molecular formula is C24H21ClN4O4S. The number of H-pyrrole nitrogens is 1. The number of halogens is 1. The molecule has 3 aromatic carbocycles. The van der Waals surface area contributed by atoms with Crippen molar-refractivity contribution < 1.29 is 17.9 Å². The summed E-state index contributed by atoms with van der Waals surface area (Å²) in [5.74, 6) is 0.155. The molecule has 5 rings (SSSR count). The molecule has 1 aliphatic heterocycles. The zero-order valence-corrected chi connectivity index (χ0v) is 19.6. The standard InChI is InChI=1S/C24H21ClN4O4S/c25-18-10-9-16(15-22(18)34(31,32)29-11-13-33-14-12-29)24(30)28-19-6-2-1-5-17(19)23-26-20-7-3-4-8-21(20)27-23/h1-10,15H,11-14H2,(H,26,27)(H,28,30). The average Bonchev–Trinajstić information content (AvgIpc) is 3.29. The van der Waals surface area contributed by atoms with Crippen molar-refractivity contribution in [1.29, 1.82) is 0 Å². The second kappa shape index (κ2) is 9.19. The zero-order valence-electron chi connectivity index (χ0n) is 18.0. The lowest BCUT2D eigenvalue weighted by Crippen LogP contribution is -2.40. The van der Waals surface area contributed by atoms with E-state index in [9.17, 15) is 13.2 Å². The van der Waals surface area contributed by atoms with Crippen LogP contribution in [0.5, 0.6) is 0 Å². The highest BCUT2D eigenvalue weighted by atomic mass is 35.5. The van der Waals surface area contributed by atoms with E-state index in [1.165, 1.54) is 22.5 Å². The fourth-order valence-electron chi connectivity index (χ4n) is 3.84. The molecule has 1 amide bonds. The molecule has 2 heterocycles. The van der Waals surface area contributed by atoms with Gasteiger partial charge in [0.05, 0.1) is 35.0 Å². The monoisotopic (exact) mass is 496 g/mol. The summed E-state index contributed by atoms with van der Waals surface area (Å²) in [7, 11) is -3.86. The summed E-state index contributed by atoms with van der Waals surface area (Å²) in [6.07, 6.45) is 0. The van der Waals surface area contributed by atoms with E-state index in [1.807, 2.05) is 36.4 Å². The number of sulfonamides is 1. The first-order valence-electron chi connectivity index (χ1n) is 10.7. The average molecular weight is 497 g/mol. The molecule has 34 heavy (non-hydrogen) atoms. The molecule has 0 radical (unpaired) electrons. The van der Waals surface area contributed by atoms with Crippen LogP contribution in [0.2, 0.25) is 5.02 Å². The number of anilines is 1. The normalized spacial score (nSPS) is 14.9. The molecule has 1 fully saturated rings. The third-order valence-electron chi connectivity index (χ3n) is 5.60. The van der Waals surface area contributed by atoms with Crippen LogP contribution >= 0.6 is 11.6 Å². The number of benzene rings is 3. The summed E-state index contributed by atoms with van der Waals surface area (Å²) < 4.78 is 32.8. The first-order chi connectivity index (χ1) is 16.4. The summed E-state index contributed by atoms with van der Waals surface area (Å²) in [5, 5.41) is 2.94. The highest BCUT2D eigenvalue weighted by Crippen LogP contribution is 2.30. The largest absolute Gasteiger partial charge is 0.379 e. The van der Waals surface area contributed by atoms with E-state index < -0.39 is 15.9 Å². The molecule has 1 aliphatic rings. The van der Waals surface area contributed by atoms with E-state index in [0.717, 1.165) is 11.0 Å². The number of nitrogens with one attached hydrogen (secondary N) is 2. The smallest absolute Gasteiger partial charge is 0.255 e. The molecule has 0 aliphatic carbocycles. The van der Waals surface area contributed by atoms with Gasteiger partial charge in [-0.15, -0.1) is 0 Å². The molecule has 1 aromatic heterocycles. The van der Waals surface area contributed by atoms with Gasteiger partial charge in [0.25, 0.3) is 5.91 Å². The number of carbonyl (C=O) groups excluding carboxylic acids is 1. The third-order valence-corrected chi connectivity index (χ3v) is 7.98. The molecule has 174 valence electrons. The Morgan fingerprint density at radius 1 is 1.03 bits per heavy atom. The van der Waals surface area contributed by atoms with Crippen molar-refractivity contribution in [3.63, 3.8) is 0 Å². The van der Waals surface area contributed by atoms with Gasteiger partial charge >= 0.3 is 0 Å². The number of aromatic nitrogens is 2. The fraction of sp³-hybridized carbons (Fsp3) is 0.167. The number of amides is 1. The molecule has 0 spiro atoms. The Labute approximate surface area is 201 Å². The van der Waals surface area contributed by atoms with E-state index in [0.29, 0.717) is 30.3 Å². The molecule has 1 saturated heterocycles. The summed E-state index contributed by atoms with van der Waals surface area (Å²) in [4.78, 5) is 20.9. The summed E-state index contributed by atoms with van der Waals surface area (Å²) in [5.41, 5.74) is 3.13. The van der Waals surface area contributed by atoms with Crippen molar-refractivity contribution in [2.45, 2.75) is 4.90 Å². The lowest BCUT2D eigenvalue weighted by molar-refractivity contribution is 0.0730. The van der Waals surface area contributed by atoms with Crippen molar-refractivity contribution in [2.24, 2.45) is 0 Å². The molecule has 4 aromatic rings. The van der Waals surface area contributed by atoms with Crippen LogP contribution in [-0.4, -0.2) is 54.9 Å². The highest BCUT2D eigenvalue weighted by molar-refractivity contribution is 7.89. The van der Waals surface area contributed by atoms with E-state index >= 15 is 0 Å².